The Hall–Kier alpha value is -1.57. The van der Waals surface area contributed by atoms with Crippen molar-refractivity contribution in [2.45, 2.75) is 37.9 Å². The van der Waals surface area contributed by atoms with Crippen LogP contribution in [0.15, 0.2) is 24.3 Å². The van der Waals surface area contributed by atoms with E-state index in [0.29, 0.717) is 19.3 Å². The van der Waals surface area contributed by atoms with Crippen LogP contribution in [0.1, 0.15) is 25.7 Å². The van der Waals surface area contributed by atoms with E-state index in [0.717, 1.165) is 0 Å². The number of ether oxygens (including phenoxy) is 1. The number of aliphatic hydroxyl groups excluding tert-OH is 2. The van der Waals surface area contributed by atoms with E-state index in [9.17, 15) is 15.0 Å². The molecule has 4 nitrogen and oxygen atoms in total. The number of terminal acetylenes is 1. The first kappa shape index (κ1) is 16.4. The van der Waals surface area contributed by atoms with Gasteiger partial charge in [0.05, 0.1) is 19.3 Å². The number of carbonyl (C=O) groups is 1. The zero-order valence-corrected chi connectivity index (χ0v) is 10.6. The van der Waals surface area contributed by atoms with Crippen molar-refractivity contribution >= 4 is 5.97 Å². The van der Waals surface area contributed by atoms with Gasteiger partial charge in [-0.1, -0.05) is 24.3 Å². The second-order valence-corrected chi connectivity index (χ2v) is 3.78. The van der Waals surface area contributed by atoms with Crippen LogP contribution in [-0.2, 0) is 9.53 Å². The first-order chi connectivity index (χ1) is 8.60. The summed E-state index contributed by atoms with van der Waals surface area (Å²) in [5.41, 5.74) is 0. The van der Waals surface area contributed by atoms with Gasteiger partial charge < -0.3 is 14.9 Å². The van der Waals surface area contributed by atoms with Crippen LogP contribution in [0, 0.1) is 12.3 Å². The van der Waals surface area contributed by atoms with E-state index in [-0.39, 0.29) is 12.4 Å². The maximum atomic E-state index is 10.8. The summed E-state index contributed by atoms with van der Waals surface area (Å²) in [5, 5.41) is 18.8. The molecule has 0 spiro atoms. The minimum atomic E-state index is -0.656. The van der Waals surface area contributed by atoms with Crippen LogP contribution in [0.2, 0.25) is 0 Å². The highest BCUT2D eigenvalue weighted by Gasteiger charge is 2.03. The summed E-state index contributed by atoms with van der Waals surface area (Å²) < 4.78 is 4.49. The standard InChI is InChI=1S/C14H20O4/c1-3-7-12(15)8-4-5-9-13(16)10-6-11-14(17)18-2/h1,4-5,8-9,12-13,15-16H,6-7,10-11H2,2H3/b8-4+,9-5+/t12-,13-/m1/s1. The highest BCUT2D eigenvalue weighted by molar-refractivity contribution is 5.68. The normalized spacial score (nSPS) is 14.6. The Kier molecular flexibility index (Phi) is 9.65. The molecule has 18 heavy (non-hydrogen) atoms. The topological polar surface area (TPSA) is 66.8 Å². The number of carbonyl (C=O) groups excluding carboxylic acids is 1. The first-order valence-corrected chi connectivity index (χ1v) is 5.81. The Labute approximate surface area is 108 Å². The fraction of sp³-hybridized carbons (Fsp3) is 0.500. The van der Waals surface area contributed by atoms with Crippen molar-refractivity contribution < 1.29 is 19.7 Å². The molecule has 0 radical (unpaired) electrons. The Morgan fingerprint density at radius 3 is 2.50 bits per heavy atom. The number of methoxy groups -OCH3 is 1. The van der Waals surface area contributed by atoms with Gasteiger partial charge in [0.2, 0.25) is 0 Å². The summed E-state index contributed by atoms with van der Waals surface area (Å²) in [7, 11) is 1.34. The van der Waals surface area contributed by atoms with E-state index in [1.54, 1.807) is 24.3 Å². The second kappa shape index (κ2) is 10.6. The van der Waals surface area contributed by atoms with Crippen molar-refractivity contribution in [1.82, 2.24) is 0 Å². The predicted octanol–water partition coefficient (Wildman–Crippen LogP) is 1.19. The highest BCUT2D eigenvalue weighted by atomic mass is 16.5. The molecule has 0 bridgehead atoms. The number of rotatable bonds is 8. The molecule has 0 amide bonds. The lowest BCUT2D eigenvalue weighted by Gasteiger charge is -2.03. The van der Waals surface area contributed by atoms with Crippen LogP contribution in [0.4, 0.5) is 0 Å². The molecule has 0 aliphatic heterocycles. The molecule has 0 saturated heterocycles. The van der Waals surface area contributed by atoms with Crippen LogP contribution in [0.25, 0.3) is 0 Å². The molecule has 0 aliphatic carbocycles. The molecule has 0 unspecified atom stereocenters. The van der Waals surface area contributed by atoms with Gasteiger partial charge in [-0.05, 0) is 12.8 Å². The average molecular weight is 252 g/mol. The van der Waals surface area contributed by atoms with Gasteiger partial charge in [-0.3, -0.25) is 4.79 Å². The van der Waals surface area contributed by atoms with Crippen molar-refractivity contribution in [1.29, 1.82) is 0 Å². The summed E-state index contributed by atoms with van der Waals surface area (Å²) in [6.07, 6.45) is 11.8. The molecular weight excluding hydrogens is 232 g/mol. The van der Waals surface area contributed by atoms with Gasteiger partial charge >= 0.3 is 5.97 Å². The van der Waals surface area contributed by atoms with Crippen LogP contribution in [0.5, 0.6) is 0 Å². The summed E-state index contributed by atoms with van der Waals surface area (Å²) in [5.74, 6) is 2.07. The zero-order chi connectivity index (χ0) is 13.8. The Morgan fingerprint density at radius 2 is 1.94 bits per heavy atom. The van der Waals surface area contributed by atoms with Crippen LogP contribution in [-0.4, -0.2) is 35.5 Å². The van der Waals surface area contributed by atoms with Gasteiger partial charge in [0.1, 0.15) is 0 Å². The van der Waals surface area contributed by atoms with Crippen LogP contribution >= 0.6 is 0 Å². The van der Waals surface area contributed by atoms with E-state index in [2.05, 4.69) is 10.7 Å². The highest BCUT2D eigenvalue weighted by Crippen LogP contribution is 2.03. The third-order valence-electron chi connectivity index (χ3n) is 2.21. The number of esters is 1. The molecule has 4 heteroatoms. The van der Waals surface area contributed by atoms with Gasteiger partial charge in [-0.15, -0.1) is 12.3 Å². The lowest BCUT2D eigenvalue weighted by atomic mass is 10.1. The third kappa shape index (κ3) is 9.64. The molecule has 0 aliphatic rings. The van der Waals surface area contributed by atoms with Crippen LogP contribution < -0.4 is 0 Å². The van der Waals surface area contributed by atoms with Gasteiger partial charge in [0, 0.05) is 12.8 Å². The Balaban J connectivity index is 3.77. The molecule has 0 aromatic carbocycles. The number of aliphatic hydroxyl groups is 2. The van der Waals surface area contributed by atoms with Gasteiger partial charge in [0.15, 0.2) is 0 Å². The molecule has 2 atom stereocenters. The molecule has 0 fully saturated rings. The van der Waals surface area contributed by atoms with Gasteiger partial charge in [0.25, 0.3) is 0 Å². The Morgan fingerprint density at radius 1 is 1.33 bits per heavy atom. The molecule has 0 aromatic rings. The lowest BCUT2D eigenvalue weighted by Crippen LogP contribution is -2.05. The van der Waals surface area contributed by atoms with Crippen LogP contribution in [0.3, 0.4) is 0 Å². The lowest BCUT2D eigenvalue weighted by molar-refractivity contribution is -0.140. The van der Waals surface area contributed by atoms with Gasteiger partial charge in [-0.25, -0.2) is 0 Å². The van der Waals surface area contributed by atoms with E-state index >= 15 is 0 Å². The molecule has 0 rings (SSSR count). The fourth-order valence-electron chi connectivity index (χ4n) is 1.23. The SMILES string of the molecule is C#CC[C@@H](O)/C=C/C=C/[C@@H](O)CCCC(=O)OC. The molecule has 100 valence electrons. The molecule has 0 aromatic heterocycles. The summed E-state index contributed by atoms with van der Waals surface area (Å²) >= 11 is 0. The van der Waals surface area contributed by atoms with Gasteiger partial charge in [-0.2, -0.15) is 0 Å². The van der Waals surface area contributed by atoms with Crippen molar-refractivity contribution in [3.8, 4) is 12.3 Å². The third-order valence-corrected chi connectivity index (χ3v) is 2.21. The van der Waals surface area contributed by atoms with E-state index in [1.165, 1.54) is 7.11 Å². The minimum absolute atomic E-state index is 0.270. The maximum absolute atomic E-state index is 10.8. The molecule has 2 N–H and O–H groups in total. The maximum Gasteiger partial charge on any atom is 0.305 e. The van der Waals surface area contributed by atoms with E-state index < -0.39 is 12.2 Å². The summed E-state index contributed by atoms with van der Waals surface area (Å²) in [6.45, 7) is 0. The van der Waals surface area contributed by atoms with E-state index in [1.807, 2.05) is 0 Å². The number of hydrogen-bond acceptors (Lipinski definition) is 4. The second-order valence-electron chi connectivity index (χ2n) is 3.78. The average Bonchev–Trinajstić information content (AvgIpc) is 2.34. The molecule has 0 saturated carbocycles. The molecule has 0 heterocycles. The number of hydrogen-bond donors (Lipinski definition) is 2. The first-order valence-electron chi connectivity index (χ1n) is 5.81. The summed E-state index contributed by atoms with van der Waals surface area (Å²) in [6, 6.07) is 0. The van der Waals surface area contributed by atoms with E-state index in [4.69, 9.17) is 6.42 Å². The van der Waals surface area contributed by atoms with Crippen molar-refractivity contribution in [3.63, 3.8) is 0 Å². The zero-order valence-electron chi connectivity index (χ0n) is 10.6. The minimum Gasteiger partial charge on any atom is -0.469 e. The Bertz CT molecular complexity index is 325. The summed E-state index contributed by atoms with van der Waals surface area (Å²) in [4.78, 5) is 10.8. The quantitative estimate of drug-likeness (QED) is 0.387. The van der Waals surface area contributed by atoms with Crippen molar-refractivity contribution in [2.24, 2.45) is 0 Å². The van der Waals surface area contributed by atoms with Crippen molar-refractivity contribution in [3.05, 3.63) is 24.3 Å². The number of allylic oxidation sites excluding steroid dienone is 2. The largest absolute Gasteiger partial charge is 0.469 e. The molecular formula is C14H20O4. The monoisotopic (exact) mass is 252 g/mol. The predicted molar refractivity (Wildman–Crippen MR) is 69.6 cm³/mol. The van der Waals surface area contributed by atoms with Crippen molar-refractivity contribution in [2.75, 3.05) is 7.11 Å². The fourth-order valence-corrected chi connectivity index (χ4v) is 1.23. The smallest absolute Gasteiger partial charge is 0.305 e.